The molecule has 0 radical (unpaired) electrons. The Morgan fingerprint density at radius 1 is 1.16 bits per heavy atom. The maximum atomic E-state index is 13.7. The highest BCUT2D eigenvalue weighted by atomic mass is 79.9. The normalized spacial score (nSPS) is 11.4. The fourth-order valence-electron chi connectivity index (χ4n) is 2.18. The molecule has 0 aliphatic heterocycles. The van der Waals surface area contributed by atoms with Crippen molar-refractivity contribution >= 4 is 37.5 Å². The van der Waals surface area contributed by atoms with Gasteiger partial charge in [0, 0.05) is 17.4 Å². The van der Waals surface area contributed by atoms with Gasteiger partial charge in [-0.15, -0.1) is 0 Å². The van der Waals surface area contributed by atoms with Gasteiger partial charge in [0.05, 0.1) is 10.6 Å². The molecule has 134 valence electrons. The van der Waals surface area contributed by atoms with Crippen molar-refractivity contribution < 1.29 is 17.6 Å². The van der Waals surface area contributed by atoms with E-state index in [2.05, 4.69) is 26.0 Å². The second kappa shape index (κ2) is 8.07. The summed E-state index contributed by atoms with van der Waals surface area (Å²) in [6.07, 6.45) is -0.112. The van der Waals surface area contributed by atoms with E-state index in [1.165, 1.54) is 12.1 Å². The lowest BCUT2D eigenvalue weighted by Crippen LogP contribution is -2.28. The Kier molecular flexibility index (Phi) is 6.31. The molecule has 8 heteroatoms. The van der Waals surface area contributed by atoms with Gasteiger partial charge in [-0.2, -0.15) is 0 Å². The monoisotopic (exact) mass is 428 g/mol. The minimum atomic E-state index is -3.71. The molecule has 0 bridgehead atoms. The maximum absolute atomic E-state index is 13.7. The molecule has 0 atom stereocenters. The fourth-order valence-corrected chi connectivity index (χ4v) is 3.87. The van der Waals surface area contributed by atoms with Gasteiger partial charge in [-0.3, -0.25) is 4.79 Å². The van der Waals surface area contributed by atoms with E-state index >= 15 is 0 Å². The van der Waals surface area contributed by atoms with Crippen LogP contribution in [0.2, 0.25) is 0 Å². The summed E-state index contributed by atoms with van der Waals surface area (Å²) in [4.78, 5) is 12.1. The van der Waals surface area contributed by atoms with E-state index in [0.717, 1.165) is 5.56 Å². The quantitative estimate of drug-likeness (QED) is 0.738. The predicted octanol–water partition coefficient (Wildman–Crippen LogP) is 3.51. The highest BCUT2D eigenvalue weighted by Gasteiger charge is 2.17. The maximum Gasteiger partial charge on any atom is 0.240 e. The van der Waals surface area contributed by atoms with E-state index in [0.29, 0.717) is 10.0 Å². The number of sulfonamides is 1. The van der Waals surface area contributed by atoms with Crippen molar-refractivity contribution in [3.8, 4) is 0 Å². The van der Waals surface area contributed by atoms with Gasteiger partial charge in [-0.05, 0) is 49.2 Å². The lowest BCUT2D eigenvalue weighted by Gasteiger charge is -2.10. The van der Waals surface area contributed by atoms with Crippen LogP contribution in [0, 0.1) is 19.7 Å². The number of amides is 1. The van der Waals surface area contributed by atoms with Crippen LogP contribution in [-0.4, -0.2) is 20.9 Å². The zero-order chi connectivity index (χ0) is 18.6. The average Bonchev–Trinajstić information content (AvgIpc) is 2.52. The van der Waals surface area contributed by atoms with E-state index in [1.807, 2.05) is 6.07 Å². The van der Waals surface area contributed by atoms with E-state index in [1.54, 1.807) is 32.0 Å². The van der Waals surface area contributed by atoms with Crippen LogP contribution < -0.4 is 10.0 Å². The third-order valence-electron chi connectivity index (χ3n) is 3.48. The minimum Gasteiger partial charge on any atom is -0.324 e. The van der Waals surface area contributed by atoms with Gasteiger partial charge in [-0.1, -0.05) is 28.1 Å². The molecule has 0 saturated heterocycles. The summed E-state index contributed by atoms with van der Waals surface area (Å²) in [6.45, 7) is 3.43. The first-order valence-electron chi connectivity index (χ1n) is 7.51. The summed E-state index contributed by atoms with van der Waals surface area (Å²) >= 11 is 3.13. The summed E-state index contributed by atoms with van der Waals surface area (Å²) in [7, 11) is -3.71. The molecular formula is C17H18BrFN2O3S. The Bertz CT molecular complexity index is 901. The average molecular weight is 429 g/mol. The Labute approximate surface area is 154 Å². The second-order valence-corrected chi connectivity index (χ2v) is 8.24. The SMILES string of the molecule is Cc1ccc(C)c(S(=O)(=O)NCCC(=O)Nc2ccc(Br)cc2F)c1. The first kappa shape index (κ1) is 19.6. The molecule has 2 rings (SSSR count). The molecule has 2 aromatic carbocycles. The number of carbonyl (C=O) groups is 1. The number of aryl methyl sites for hydroxylation is 2. The molecule has 0 aromatic heterocycles. The molecule has 2 N–H and O–H groups in total. The van der Waals surface area contributed by atoms with Crippen LogP contribution in [-0.2, 0) is 14.8 Å². The Hall–Kier alpha value is -1.77. The van der Waals surface area contributed by atoms with Crippen molar-refractivity contribution in [2.75, 3.05) is 11.9 Å². The van der Waals surface area contributed by atoms with Crippen LogP contribution in [0.3, 0.4) is 0 Å². The van der Waals surface area contributed by atoms with Crippen molar-refractivity contribution in [3.63, 3.8) is 0 Å². The molecule has 25 heavy (non-hydrogen) atoms. The minimum absolute atomic E-state index is 0.0468. The summed E-state index contributed by atoms with van der Waals surface area (Å²) in [5, 5.41) is 2.41. The zero-order valence-electron chi connectivity index (χ0n) is 13.8. The molecule has 0 unspecified atom stereocenters. The first-order chi connectivity index (χ1) is 11.7. The summed E-state index contributed by atoms with van der Waals surface area (Å²) in [5.41, 5.74) is 1.50. The van der Waals surface area contributed by atoms with Gasteiger partial charge in [0.2, 0.25) is 15.9 Å². The van der Waals surface area contributed by atoms with Gasteiger partial charge in [0.15, 0.2) is 0 Å². The highest BCUT2D eigenvalue weighted by molar-refractivity contribution is 9.10. The van der Waals surface area contributed by atoms with Crippen LogP contribution in [0.25, 0.3) is 0 Å². The molecule has 2 aromatic rings. The highest BCUT2D eigenvalue weighted by Crippen LogP contribution is 2.19. The van der Waals surface area contributed by atoms with Gasteiger partial charge in [0.1, 0.15) is 5.82 Å². The van der Waals surface area contributed by atoms with Crippen LogP contribution in [0.4, 0.5) is 10.1 Å². The lowest BCUT2D eigenvalue weighted by molar-refractivity contribution is -0.116. The number of halogens is 2. The molecular weight excluding hydrogens is 411 g/mol. The number of benzene rings is 2. The Morgan fingerprint density at radius 3 is 2.56 bits per heavy atom. The van der Waals surface area contributed by atoms with Crippen LogP contribution in [0.1, 0.15) is 17.5 Å². The number of carbonyl (C=O) groups excluding carboxylic acids is 1. The molecule has 0 heterocycles. The van der Waals surface area contributed by atoms with Crippen LogP contribution >= 0.6 is 15.9 Å². The molecule has 0 aliphatic carbocycles. The Balaban J connectivity index is 1.95. The van der Waals surface area contributed by atoms with Crippen LogP contribution in [0.5, 0.6) is 0 Å². The second-order valence-electron chi connectivity index (χ2n) is 5.59. The summed E-state index contributed by atoms with van der Waals surface area (Å²) in [6, 6.07) is 9.40. The largest absolute Gasteiger partial charge is 0.324 e. The number of nitrogens with one attached hydrogen (secondary N) is 2. The van der Waals surface area contributed by atoms with Crippen molar-refractivity contribution in [1.82, 2.24) is 4.72 Å². The third-order valence-corrected chi connectivity index (χ3v) is 5.58. The van der Waals surface area contributed by atoms with Gasteiger partial charge >= 0.3 is 0 Å². The number of anilines is 1. The standard InChI is InChI=1S/C17H18BrFN2O3S/c1-11-3-4-12(2)16(9-11)25(23,24)20-8-7-17(22)21-15-6-5-13(18)10-14(15)19/h3-6,9-10,20H,7-8H2,1-2H3,(H,21,22). The first-order valence-corrected chi connectivity index (χ1v) is 9.78. The van der Waals surface area contributed by atoms with E-state index in [4.69, 9.17) is 0 Å². The zero-order valence-corrected chi connectivity index (χ0v) is 16.2. The van der Waals surface area contributed by atoms with Crippen molar-refractivity contribution in [2.45, 2.75) is 25.2 Å². The summed E-state index contributed by atoms with van der Waals surface area (Å²) < 4.78 is 41.3. The van der Waals surface area contributed by atoms with E-state index in [9.17, 15) is 17.6 Å². The topological polar surface area (TPSA) is 75.3 Å². The van der Waals surface area contributed by atoms with E-state index < -0.39 is 21.7 Å². The van der Waals surface area contributed by atoms with E-state index in [-0.39, 0.29) is 23.5 Å². The Morgan fingerprint density at radius 2 is 1.88 bits per heavy atom. The van der Waals surface area contributed by atoms with Crippen LogP contribution in [0.15, 0.2) is 45.8 Å². The smallest absolute Gasteiger partial charge is 0.240 e. The molecule has 5 nitrogen and oxygen atoms in total. The molecule has 0 saturated carbocycles. The molecule has 0 aliphatic rings. The molecule has 0 spiro atoms. The molecule has 1 amide bonds. The predicted molar refractivity (Wildman–Crippen MR) is 98.5 cm³/mol. The van der Waals surface area contributed by atoms with Gasteiger partial charge in [0.25, 0.3) is 0 Å². The van der Waals surface area contributed by atoms with Gasteiger partial charge < -0.3 is 5.32 Å². The van der Waals surface area contributed by atoms with Crippen molar-refractivity contribution in [3.05, 3.63) is 57.8 Å². The van der Waals surface area contributed by atoms with Gasteiger partial charge in [-0.25, -0.2) is 17.5 Å². The number of rotatable bonds is 6. The number of hydrogen-bond donors (Lipinski definition) is 2. The molecule has 0 fully saturated rings. The van der Waals surface area contributed by atoms with Crippen molar-refractivity contribution in [2.24, 2.45) is 0 Å². The third kappa shape index (κ3) is 5.35. The lowest BCUT2D eigenvalue weighted by atomic mass is 10.2. The fraction of sp³-hybridized carbons (Fsp3) is 0.235. The van der Waals surface area contributed by atoms with Crippen molar-refractivity contribution in [1.29, 1.82) is 0 Å². The summed E-state index contributed by atoms with van der Waals surface area (Å²) in [5.74, 6) is -1.05. The number of hydrogen-bond acceptors (Lipinski definition) is 3.